The van der Waals surface area contributed by atoms with Gasteiger partial charge in [-0.05, 0) is 57.9 Å². The van der Waals surface area contributed by atoms with Crippen LogP contribution in [0.5, 0.6) is 0 Å². The maximum absolute atomic E-state index is 13.5. The largest absolute Gasteiger partial charge is 0.435 e. The molecule has 0 saturated carbocycles. The molecule has 0 aliphatic heterocycles. The standard InChI is InChI=1S/C24H16F3N3O2S/c25-24(26,27)23-14-22(30(28-23)19-10-8-18(9-11-19)29-33(31)32)17-7-12-21-16(13-17)6-5-15-3-1-2-4-20(15)21/h1-14,29H,(H,31,32). The summed E-state index contributed by atoms with van der Waals surface area (Å²) < 4.78 is 63.9. The lowest BCUT2D eigenvalue weighted by molar-refractivity contribution is -0.141. The Morgan fingerprint density at radius 1 is 0.848 bits per heavy atom. The van der Waals surface area contributed by atoms with Crippen molar-refractivity contribution in [1.82, 2.24) is 9.78 Å². The highest BCUT2D eigenvalue weighted by Gasteiger charge is 2.35. The number of aromatic nitrogens is 2. The molecule has 0 spiro atoms. The molecule has 9 heteroatoms. The molecule has 0 fully saturated rings. The van der Waals surface area contributed by atoms with Crippen molar-refractivity contribution in [2.24, 2.45) is 0 Å². The highest BCUT2D eigenvalue weighted by Crippen LogP contribution is 2.35. The predicted molar refractivity (Wildman–Crippen MR) is 123 cm³/mol. The molecule has 0 radical (unpaired) electrons. The summed E-state index contributed by atoms with van der Waals surface area (Å²) >= 11 is -2.25. The Morgan fingerprint density at radius 2 is 1.55 bits per heavy atom. The monoisotopic (exact) mass is 467 g/mol. The third-order valence-electron chi connectivity index (χ3n) is 5.36. The van der Waals surface area contributed by atoms with E-state index in [2.05, 4.69) is 9.82 Å². The van der Waals surface area contributed by atoms with E-state index in [1.54, 1.807) is 6.07 Å². The van der Waals surface area contributed by atoms with E-state index in [9.17, 15) is 17.4 Å². The van der Waals surface area contributed by atoms with Gasteiger partial charge in [0, 0.05) is 11.3 Å². The van der Waals surface area contributed by atoms with Crippen LogP contribution in [0.1, 0.15) is 5.69 Å². The van der Waals surface area contributed by atoms with Crippen molar-refractivity contribution in [3.63, 3.8) is 0 Å². The number of nitrogens with zero attached hydrogens (tertiary/aromatic N) is 2. The van der Waals surface area contributed by atoms with Gasteiger partial charge in [-0.3, -0.25) is 9.27 Å². The summed E-state index contributed by atoms with van der Waals surface area (Å²) in [5.74, 6) is 0. The van der Waals surface area contributed by atoms with Crippen LogP contribution in [0.25, 0.3) is 38.5 Å². The Morgan fingerprint density at radius 3 is 2.27 bits per heavy atom. The van der Waals surface area contributed by atoms with Crippen LogP contribution in [0, 0.1) is 0 Å². The summed E-state index contributed by atoms with van der Waals surface area (Å²) in [4.78, 5) is 0. The van der Waals surface area contributed by atoms with Gasteiger partial charge in [0.1, 0.15) is 0 Å². The summed E-state index contributed by atoms with van der Waals surface area (Å²) in [6, 6.07) is 24.5. The van der Waals surface area contributed by atoms with Gasteiger partial charge < -0.3 is 0 Å². The van der Waals surface area contributed by atoms with Crippen LogP contribution >= 0.6 is 0 Å². The van der Waals surface area contributed by atoms with E-state index < -0.39 is 23.1 Å². The molecule has 0 aliphatic rings. The summed E-state index contributed by atoms with van der Waals surface area (Å²) in [5, 5.41) is 7.87. The number of fused-ring (bicyclic) bond motifs is 3. The van der Waals surface area contributed by atoms with Crippen LogP contribution < -0.4 is 4.72 Å². The first kappa shape index (κ1) is 21.2. The molecule has 1 aromatic heterocycles. The van der Waals surface area contributed by atoms with Gasteiger partial charge in [0.05, 0.1) is 11.4 Å². The average Bonchev–Trinajstić information content (AvgIpc) is 3.25. The molecule has 166 valence electrons. The second-order valence-corrected chi connectivity index (χ2v) is 8.15. The zero-order valence-corrected chi connectivity index (χ0v) is 17.7. The van der Waals surface area contributed by atoms with Crippen LogP contribution in [0.15, 0.2) is 84.9 Å². The van der Waals surface area contributed by atoms with Crippen LogP contribution in [0.2, 0.25) is 0 Å². The highest BCUT2D eigenvalue weighted by molar-refractivity contribution is 7.80. The molecule has 5 nitrogen and oxygen atoms in total. The van der Waals surface area contributed by atoms with Gasteiger partial charge in [0.15, 0.2) is 5.69 Å². The Labute approximate surface area is 188 Å². The summed E-state index contributed by atoms with van der Waals surface area (Å²) in [6.45, 7) is 0. The number of nitrogens with one attached hydrogen (secondary N) is 1. The van der Waals surface area contributed by atoms with Gasteiger partial charge in [-0.25, -0.2) is 8.89 Å². The molecular formula is C24H16F3N3O2S. The van der Waals surface area contributed by atoms with E-state index in [4.69, 9.17) is 4.55 Å². The molecule has 0 saturated heterocycles. The third kappa shape index (κ3) is 4.08. The van der Waals surface area contributed by atoms with Crippen molar-refractivity contribution in [3.05, 3.63) is 90.6 Å². The average molecular weight is 467 g/mol. The van der Waals surface area contributed by atoms with Crippen molar-refractivity contribution in [3.8, 4) is 16.9 Å². The molecule has 5 aromatic rings. The van der Waals surface area contributed by atoms with Gasteiger partial charge in [0.25, 0.3) is 11.3 Å². The van der Waals surface area contributed by atoms with Gasteiger partial charge in [-0.1, -0.05) is 48.5 Å². The van der Waals surface area contributed by atoms with E-state index in [-0.39, 0.29) is 5.69 Å². The van der Waals surface area contributed by atoms with E-state index in [1.807, 2.05) is 48.5 Å². The number of hydrogen-bond donors (Lipinski definition) is 2. The molecule has 2 N–H and O–H groups in total. The molecule has 1 heterocycles. The topological polar surface area (TPSA) is 67.2 Å². The molecule has 4 aromatic carbocycles. The molecule has 1 atom stereocenters. The maximum atomic E-state index is 13.5. The Kier molecular flexibility index (Phi) is 5.15. The van der Waals surface area contributed by atoms with Gasteiger partial charge in [-0.15, -0.1) is 0 Å². The third-order valence-corrected chi connectivity index (χ3v) is 5.77. The highest BCUT2D eigenvalue weighted by atomic mass is 32.2. The van der Waals surface area contributed by atoms with Gasteiger partial charge in [-0.2, -0.15) is 18.3 Å². The first-order chi connectivity index (χ1) is 15.8. The zero-order valence-electron chi connectivity index (χ0n) is 16.9. The van der Waals surface area contributed by atoms with Crippen LogP contribution in [0.3, 0.4) is 0 Å². The number of halogens is 3. The lowest BCUT2D eigenvalue weighted by Crippen LogP contribution is -2.07. The molecule has 5 rings (SSSR count). The molecule has 1 unspecified atom stereocenters. The van der Waals surface area contributed by atoms with Crippen molar-refractivity contribution in [1.29, 1.82) is 0 Å². The van der Waals surface area contributed by atoms with Crippen molar-refractivity contribution >= 4 is 38.5 Å². The van der Waals surface area contributed by atoms with Crippen LogP contribution in [-0.4, -0.2) is 18.5 Å². The van der Waals surface area contributed by atoms with E-state index >= 15 is 0 Å². The normalized spacial score (nSPS) is 12.8. The zero-order chi connectivity index (χ0) is 23.2. The molecule has 33 heavy (non-hydrogen) atoms. The van der Waals surface area contributed by atoms with E-state index in [1.165, 1.54) is 28.9 Å². The van der Waals surface area contributed by atoms with E-state index in [0.717, 1.165) is 27.6 Å². The SMILES string of the molecule is O=S(O)Nc1ccc(-n2nc(C(F)(F)F)cc2-c2ccc3c(ccc4ccccc43)c2)cc1. The number of alkyl halides is 3. The first-order valence-electron chi connectivity index (χ1n) is 9.87. The molecular weight excluding hydrogens is 451 g/mol. The lowest BCUT2D eigenvalue weighted by Gasteiger charge is -2.10. The number of benzene rings is 4. The predicted octanol–water partition coefficient (Wildman–Crippen LogP) is 6.41. The minimum Gasteiger partial charge on any atom is -0.289 e. The fraction of sp³-hybridized carbons (Fsp3) is 0.0417. The fourth-order valence-corrected chi connectivity index (χ4v) is 4.20. The van der Waals surface area contributed by atoms with Crippen molar-refractivity contribution in [2.45, 2.75) is 6.18 Å². The first-order valence-corrected chi connectivity index (χ1v) is 11.0. The number of anilines is 1. The molecule has 0 bridgehead atoms. The van der Waals surface area contributed by atoms with Gasteiger partial charge >= 0.3 is 6.18 Å². The van der Waals surface area contributed by atoms with Crippen LogP contribution in [0.4, 0.5) is 18.9 Å². The Hall–Kier alpha value is -3.69. The van der Waals surface area contributed by atoms with E-state index in [0.29, 0.717) is 16.9 Å². The molecule has 0 aliphatic carbocycles. The van der Waals surface area contributed by atoms with Crippen molar-refractivity contribution < 1.29 is 21.9 Å². The smallest absolute Gasteiger partial charge is 0.289 e. The summed E-state index contributed by atoms with van der Waals surface area (Å²) in [5.41, 5.74) is 0.591. The summed E-state index contributed by atoms with van der Waals surface area (Å²) in [7, 11) is 0. The fourth-order valence-electron chi connectivity index (χ4n) is 3.87. The Balaban J connectivity index is 1.65. The number of rotatable bonds is 4. The summed E-state index contributed by atoms with van der Waals surface area (Å²) in [6.07, 6.45) is -4.61. The quantitative estimate of drug-likeness (QED) is 0.237. The van der Waals surface area contributed by atoms with Crippen molar-refractivity contribution in [2.75, 3.05) is 4.72 Å². The minimum atomic E-state index is -4.61. The molecule has 0 amide bonds. The number of hydrogen-bond acceptors (Lipinski definition) is 2. The second-order valence-electron chi connectivity index (χ2n) is 7.45. The minimum absolute atomic E-state index is 0.281. The lowest BCUT2D eigenvalue weighted by atomic mass is 9.99. The Bertz CT molecular complexity index is 1510. The maximum Gasteiger partial charge on any atom is 0.435 e. The van der Waals surface area contributed by atoms with Gasteiger partial charge in [0.2, 0.25) is 0 Å². The van der Waals surface area contributed by atoms with Crippen LogP contribution in [-0.2, 0) is 17.4 Å². The second kappa shape index (κ2) is 8.02.